The van der Waals surface area contributed by atoms with Crippen LogP contribution in [0.1, 0.15) is 5.56 Å². The molecule has 0 aliphatic carbocycles. The number of nitrogens with one attached hydrogen (secondary N) is 1. The highest BCUT2D eigenvalue weighted by atomic mass is 35.5. The molecule has 2 aromatic carbocycles. The van der Waals surface area contributed by atoms with Crippen LogP contribution in [0.2, 0.25) is 5.02 Å². The van der Waals surface area contributed by atoms with Crippen molar-refractivity contribution in [3.8, 4) is 17.2 Å². The minimum Gasteiger partial charge on any atom is -0.492 e. The normalized spacial score (nSPS) is 12.2. The quantitative estimate of drug-likeness (QED) is 0.536. The number of rotatable bonds is 8. The second kappa shape index (κ2) is 9.85. The molecule has 0 atom stereocenters. The molecule has 0 aromatic heterocycles. The number of carbonyl (C=O) groups is 2. The van der Waals surface area contributed by atoms with Gasteiger partial charge in [0.1, 0.15) is 25.6 Å². The highest BCUT2D eigenvalue weighted by molar-refractivity contribution is 6.30. The van der Waals surface area contributed by atoms with E-state index in [0.717, 1.165) is 5.56 Å². The Morgan fingerprint density at radius 1 is 1.04 bits per heavy atom. The van der Waals surface area contributed by atoms with E-state index in [4.69, 9.17) is 30.5 Å². The van der Waals surface area contributed by atoms with Crippen LogP contribution in [0.25, 0.3) is 0 Å². The summed E-state index contributed by atoms with van der Waals surface area (Å²) in [5.74, 6) is 1.03. The number of fused-ring (bicyclic) bond motifs is 1. The van der Waals surface area contributed by atoms with Crippen molar-refractivity contribution >= 4 is 23.5 Å². The summed E-state index contributed by atoms with van der Waals surface area (Å²) in [6.07, 6.45) is 0.0452. The molecule has 1 aliphatic rings. The molecule has 7 nitrogen and oxygen atoms in total. The summed E-state index contributed by atoms with van der Waals surface area (Å²) >= 11 is 5.79. The largest absolute Gasteiger partial charge is 0.492 e. The van der Waals surface area contributed by atoms with Crippen molar-refractivity contribution in [1.82, 2.24) is 5.32 Å². The van der Waals surface area contributed by atoms with Gasteiger partial charge in [-0.15, -0.1) is 0 Å². The van der Waals surface area contributed by atoms with Gasteiger partial charge in [-0.05, 0) is 42.0 Å². The molecule has 28 heavy (non-hydrogen) atoms. The van der Waals surface area contributed by atoms with Gasteiger partial charge in [-0.25, -0.2) is 0 Å². The highest BCUT2D eigenvalue weighted by Crippen LogP contribution is 2.30. The molecule has 0 radical (unpaired) electrons. The van der Waals surface area contributed by atoms with Crippen LogP contribution in [0, 0.1) is 0 Å². The van der Waals surface area contributed by atoms with E-state index < -0.39 is 11.9 Å². The summed E-state index contributed by atoms with van der Waals surface area (Å²) in [7, 11) is 0. The third-order valence-electron chi connectivity index (χ3n) is 3.83. The first kappa shape index (κ1) is 19.8. The Bertz CT molecular complexity index is 824. The number of amides is 1. The third kappa shape index (κ3) is 6.06. The zero-order valence-electron chi connectivity index (χ0n) is 15.1. The molecule has 0 saturated carbocycles. The molecule has 2 aromatic rings. The lowest BCUT2D eigenvalue weighted by Crippen LogP contribution is -2.32. The number of benzene rings is 2. The van der Waals surface area contributed by atoms with Crippen molar-refractivity contribution in [1.29, 1.82) is 0 Å². The average molecular weight is 406 g/mol. The van der Waals surface area contributed by atoms with Crippen LogP contribution < -0.4 is 19.5 Å². The fourth-order valence-corrected chi connectivity index (χ4v) is 2.63. The molecular formula is C20H20ClNO6. The Balaban J connectivity index is 1.32. The molecule has 1 N–H and O–H groups in total. The summed E-state index contributed by atoms with van der Waals surface area (Å²) in [6, 6.07) is 12.2. The van der Waals surface area contributed by atoms with Crippen LogP contribution in [-0.2, 0) is 20.7 Å². The summed E-state index contributed by atoms with van der Waals surface area (Å²) in [6.45, 7) is 1.22. The van der Waals surface area contributed by atoms with E-state index in [1.54, 1.807) is 42.5 Å². The standard InChI is InChI=1S/C20H20ClNO6/c21-15-2-4-16(5-3-15)25-8-7-22-19(23)13-28-20(24)12-14-1-6-17-18(11-14)27-10-9-26-17/h1-6,11H,7-10,12-13H2,(H,22,23). The monoisotopic (exact) mass is 405 g/mol. The van der Waals surface area contributed by atoms with Gasteiger partial charge >= 0.3 is 5.97 Å². The molecule has 0 saturated heterocycles. The van der Waals surface area contributed by atoms with Gasteiger partial charge in [0.05, 0.1) is 13.0 Å². The van der Waals surface area contributed by atoms with Crippen LogP contribution in [-0.4, -0.2) is 44.8 Å². The summed E-state index contributed by atoms with van der Waals surface area (Å²) in [4.78, 5) is 23.7. The Morgan fingerprint density at radius 2 is 1.79 bits per heavy atom. The Morgan fingerprint density at radius 3 is 2.57 bits per heavy atom. The number of carbonyl (C=O) groups excluding carboxylic acids is 2. The van der Waals surface area contributed by atoms with E-state index in [1.807, 2.05) is 0 Å². The Labute approximate surface area is 167 Å². The third-order valence-corrected chi connectivity index (χ3v) is 4.08. The minimum atomic E-state index is -0.496. The average Bonchev–Trinajstić information content (AvgIpc) is 2.71. The predicted octanol–water partition coefficient (Wildman–Crippen LogP) is 2.39. The topological polar surface area (TPSA) is 83.1 Å². The molecule has 0 spiro atoms. The van der Waals surface area contributed by atoms with Gasteiger partial charge in [-0.2, -0.15) is 0 Å². The van der Waals surface area contributed by atoms with E-state index in [0.29, 0.717) is 48.6 Å². The van der Waals surface area contributed by atoms with E-state index in [1.165, 1.54) is 0 Å². The molecule has 1 aliphatic heterocycles. The number of halogens is 1. The summed E-state index contributed by atoms with van der Waals surface area (Å²) in [5.41, 5.74) is 0.728. The lowest BCUT2D eigenvalue weighted by atomic mass is 10.1. The highest BCUT2D eigenvalue weighted by Gasteiger charge is 2.14. The SMILES string of the molecule is O=C(COC(=O)Cc1ccc2c(c1)OCCO2)NCCOc1ccc(Cl)cc1. The van der Waals surface area contributed by atoms with Crippen molar-refractivity contribution in [2.45, 2.75) is 6.42 Å². The zero-order chi connectivity index (χ0) is 19.8. The molecule has 148 valence electrons. The molecule has 0 unspecified atom stereocenters. The first-order valence-electron chi connectivity index (χ1n) is 8.79. The maximum Gasteiger partial charge on any atom is 0.310 e. The van der Waals surface area contributed by atoms with Crippen molar-refractivity contribution in [2.24, 2.45) is 0 Å². The number of ether oxygens (including phenoxy) is 4. The molecular weight excluding hydrogens is 386 g/mol. The number of hydrogen-bond donors (Lipinski definition) is 1. The molecule has 1 heterocycles. The first-order chi connectivity index (χ1) is 13.6. The van der Waals surface area contributed by atoms with E-state index in [-0.39, 0.29) is 13.0 Å². The zero-order valence-corrected chi connectivity index (χ0v) is 15.9. The molecule has 1 amide bonds. The second-order valence-corrected chi connectivity index (χ2v) is 6.40. The van der Waals surface area contributed by atoms with Gasteiger partial charge in [0.15, 0.2) is 18.1 Å². The van der Waals surface area contributed by atoms with Gasteiger partial charge < -0.3 is 24.3 Å². The van der Waals surface area contributed by atoms with E-state index >= 15 is 0 Å². The lowest BCUT2D eigenvalue weighted by molar-refractivity contribution is -0.147. The lowest BCUT2D eigenvalue weighted by Gasteiger charge is -2.18. The molecule has 0 fully saturated rings. The van der Waals surface area contributed by atoms with Gasteiger partial charge in [-0.3, -0.25) is 9.59 Å². The number of esters is 1. The minimum absolute atomic E-state index is 0.0452. The molecule has 3 rings (SSSR count). The predicted molar refractivity (Wildman–Crippen MR) is 102 cm³/mol. The number of hydrogen-bond acceptors (Lipinski definition) is 6. The molecule has 8 heteroatoms. The fraction of sp³-hybridized carbons (Fsp3) is 0.300. The van der Waals surface area contributed by atoms with Crippen molar-refractivity contribution in [2.75, 3.05) is 33.0 Å². The van der Waals surface area contributed by atoms with Crippen LogP contribution in [0.3, 0.4) is 0 Å². The summed E-state index contributed by atoms with van der Waals surface area (Å²) < 4.78 is 21.4. The van der Waals surface area contributed by atoms with Gasteiger partial charge in [0.25, 0.3) is 5.91 Å². The summed E-state index contributed by atoms with van der Waals surface area (Å²) in [5, 5.41) is 3.24. The maximum absolute atomic E-state index is 11.9. The van der Waals surface area contributed by atoms with Crippen LogP contribution in [0.5, 0.6) is 17.2 Å². The van der Waals surface area contributed by atoms with Gasteiger partial charge in [0, 0.05) is 5.02 Å². The fourth-order valence-electron chi connectivity index (χ4n) is 2.50. The van der Waals surface area contributed by atoms with Crippen molar-refractivity contribution in [3.05, 3.63) is 53.1 Å². The van der Waals surface area contributed by atoms with E-state index in [9.17, 15) is 9.59 Å². The molecule has 0 bridgehead atoms. The van der Waals surface area contributed by atoms with Crippen molar-refractivity contribution in [3.63, 3.8) is 0 Å². The van der Waals surface area contributed by atoms with Crippen LogP contribution in [0.4, 0.5) is 0 Å². The maximum atomic E-state index is 11.9. The smallest absolute Gasteiger partial charge is 0.310 e. The van der Waals surface area contributed by atoms with Crippen LogP contribution in [0.15, 0.2) is 42.5 Å². The second-order valence-electron chi connectivity index (χ2n) is 5.97. The van der Waals surface area contributed by atoms with Crippen molar-refractivity contribution < 1.29 is 28.5 Å². The van der Waals surface area contributed by atoms with Gasteiger partial charge in [-0.1, -0.05) is 17.7 Å². The van der Waals surface area contributed by atoms with Crippen LogP contribution >= 0.6 is 11.6 Å². The Kier molecular flexibility index (Phi) is 6.97. The first-order valence-corrected chi connectivity index (χ1v) is 9.17. The van der Waals surface area contributed by atoms with Gasteiger partial charge in [0.2, 0.25) is 0 Å². The Hall–Kier alpha value is -2.93. The van der Waals surface area contributed by atoms with E-state index in [2.05, 4.69) is 5.32 Å².